The van der Waals surface area contributed by atoms with Crippen LogP contribution in [0.1, 0.15) is 193 Å². The molecule has 0 saturated carbocycles. The molecule has 0 rings (SSSR count). The molecule has 272 valence electrons. The lowest BCUT2D eigenvalue weighted by Crippen LogP contribution is -2.59. The Morgan fingerprint density at radius 1 is 0.444 bits per heavy atom. The molecular weight excluding hydrogens is 570 g/mol. The van der Waals surface area contributed by atoms with E-state index >= 15 is 0 Å². The maximum Gasteiger partial charge on any atom is 0.305 e. The Kier molecular flexibility index (Phi) is 44.1. The maximum atomic E-state index is 13.0. The van der Waals surface area contributed by atoms with Crippen LogP contribution >= 0.6 is 0 Å². The monoisotopic (exact) mass is 648 g/mol. The molecule has 0 fully saturated rings. The first-order valence-corrected chi connectivity index (χ1v) is 18.6. The van der Waals surface area contributed by atoms with E-state index in [1.165, 1.54) is 38.5 Å². The fraction of sp³-hybridized carbons (Fsp3) is 0.892. The highest BCUT2D eigenvalue weighted by atomic mass is 16.6. The van der Waals surface area contributed by atoms with Crippen molar-refractivity contribution in [1.29, 1.82) is 0 Å². The molecule has 0 aromatic carbocycles. The van der Waals surface area contributed by atoms with Gasteiger partial charge in [-0.3, -0.25) is 19.2 Å². The van der Waals surface area contributed by atoms with Crippen LogP contribution in [-0.2, 0) is 33.4 Å². The van der Waals surface area contributed by atoms with E-state index in [-0.39, 0.29) is 46.4 Å². The van der Waals surface area contributed by atoms with Crippen LogP contribution in [0.25, 0.3) is 0 Å². The first-order chi connectivity index (χ1) is 21.8. The van der Waals surface area contributed by atoms with Gasteiger partial charge in [-0.25, -0.2) is 0 Å². The van der Waals surface area contributed by atoms with E-state index in [1.807, 2.05) is 62.3 Å². The van der Waals surface area contributed by atoms with Crippen LogP contribution in [0.2, 0.25) is 0 Å². The zero-order chi connectivity index (χ0) is 35.2. The van der Waals surface area contributed by atoms with E-state index in [0.29, 0.717) is 25.7 Å². The third-order valence-corrected chi connectivity index (χ3v) is 6.64. The van der Waals surface area contributed by atoms with Crippen molar-refractivity contribution in [2.75, 3.05) is 19.8 Å². The summed E-state index contributed by atoms with van der Waals surface area (Å²) >= 11 is 0. The van der Waals surface area contributed by atoms with Crippen LogP contribution < -0.4 is 5.32 Å². The molecule has 0 aliphatic heterocycles. The van der Waals surface area contributed by atoms with E-state index < -0.39 is 23.4 Å². The van der Waals surface area contributed by atoms with Crippen LogP contribution in [0.3, 0.4) is 0 Å². The third kappa shape index (κ3) is 34.6. The Bertz CT molecular complexity index is 614. The minimum absolute atomic E-state index is 0. The molecule has 0 atom stereocenters. The summed E-state index contributed by atoms with van der Waals surface area (Å²) in [6.07, 6.45) is 15.9. The Hall–Kier alpha value is -2.12. The van der Waals surface area contributed by atoms with Gasteiger partial charge in [0.05, 0.1) is 0 Å². The summed E-state index contributed by atoms with van der Waals surface area (Å²) in [5.74, 6) is -1.44. The highest BCUT2D eigenvalue weighted by Gasteiger charge is 2.37. The standard InChI is InChI=1S/C31H57NO7.3C2H6.H2/c1-5-9-13-14-15-16-17-18-19-20-27(33)32-31(24-37-28(34)21-10-6-2,25-38-29(35)22-11-7-3)26-39-30(36)23-12-8-4;3*1-2;/h5-26H2,1-4H3,(H,32,33);3*1-2H3;1H. The summed E-state index contributed by atoms with van der Waals surface area (Å²) < 4.78 is 16.5. The van der Waals surface area contributed by atoms with E-state index in [4.69, 9.17) is 14.2 Å². The van der Waals surface area contributed by atoms with Crippen molar-refractivity contribution in [2.24, 2.45) is 0 Å². The average Bonchev–Trinajstić information content (AvgIpc) is 3.07. The van der Waals surface area contributed by atoms with Gasteiger partial charge < -0.3 is 19.5 Å². The average molecular weight is 648 g/mol. The molecule has 0 radical (unpaired) electrons. The van der Waals surface area contributed by atoms with Gasteiger partial charge in [-0.2, -0.15) is 0 Å². The molecule has 0 saturated heterocycles. The molecule has 8 nitrogen and oxygen atoms in total. The smallest absolute Gasteiger partial charge is 0.305 e. The van der Waals surface area contributed by atoms with Gasteiger partial charge in [-0.1, -0.05) is 140 Å². The molecule has 0 spiro atoms. The highest BCUT2D eigenvalue weighted by molar-refractivity contribution is 5.77. The van der Waals surface area contributed by atoms with E-state index in [1.54, 1.807) is 0 Å². The summed E-state index contributed by atoms with van der Waals surface area (Å²) in [6.45, 7) is 19.5. The van der Waals surface area contributed by atoms with Crippen molar-refractivity contribution >= 4 is 23.8 Å². The van der Waals surface area contributed by atoms with Gasteiger partial charge >= 0.3 is 17.9 Å². The zero-order valence-corrected chi connectivity index (χ0v) is 31.4. The number of unbranched alkanes of at least 4 members (excludes halogenated alkanes) is 11. The van der Waals surface area contributed by atoms with Crippen LogP contribution in [0.5, 0.6) is 0 Å². The van der Waals surface area contributed by atoms with E-state index in [0.717, 1.165) is 38.5 Å². The summed E-state index contributed by atoms with van der Waals surface area (Å²) in [6, 6.07) is 0. The van der Waals surface area contributed by atoms with Gasteiger partial charge in [-0.05, 0) is 25.7 Å². The normalized spacial score (nSPS) is 10.1. The molecule has 0 aromatic heterocycles. The zero-order valence-electron chi connectivity index (χ0n) is 31.4. The molecule has 1 amide bonds. The molecule has 0 aromatic rings. The predicted octanol–water partition coefficient (Wildman–Crippen LogP) is 10.3. The number of hydrogen-bond donors (Lipinski definition) is 1. The summed E-state index contributed by atoms with van der Waals surface area (Å²) in [5.41, 5.74) is -1.33. The molecule has 0 unspecified atom stereocenters. The molecule has 0 heterocycles. The summed E-state index contributed by atoms with van der Waals surface area (Å²) in [5, 5.41) is 2.92. The summed E-state index contributed by atoms with van der Waals surface area (Å²) in [7, 11) is 0. The number of ether oxygens (including phenoxy) is 3. The van der Waals surface area contributed by atoms with Gasteiger partial charge in [-0.15, -0.1) is 0 Å². The van der Waals surface area contributed by atoms with E-state index in [9.17, 15) is 19.2 Å². The van der Waals surface area contributed by atoms with E-state index in [2.05, 4.69) is 12.2 Å². The molecule has 0 aliphatic carbocycles. The third-order valence-electron chi connectivity index (χ3n) is 6.64. The fourth-order valence-corrected chi connectivity index (χ4v) is 4.02. The second kappa shape index (κ2) is 39.9. The minimum Gasteiger partial charge on any atom is -0.463 e. The fourth-order valence-electron chi connectivity index (χ4n) is 4.02. The Balaban J connectivity index is -0.000000751. The predicted molar refractivity (Wildman–Crippen MR) is 190 cm³/mol. The number of esters is 3. The molecule has 8 heteroatoms. The van der Waals surface area contributed by atoms with Gasteiger partial charge in [0.1, 0.15) is 25.4 Å². The number of carbonyl (C=O) groups excluding carboxylic acids is 4. The lowest BCUT2D eigenvalue weighted by Gasteiger charge is -2.33. The lowest BCUT2D eigenvalue weighted by atomic mass is 10.0. The second-order valence-corrected chi connectivity index (χ2v) is 10.7. The summed E-state index contributed by atoms with van der Waals surface area (Å²) in [4.78, 5) is 49.9. The molecule has 1 N–H and O–H groups in total. The van der Waals surface area contributed by atoms with Crippen molar-refractivity contribution in [3.63, 3.8) is 0 Å². The topological polar surface area (TPSA) is 108 Å². The van der Waals surface area contributed by atoms with Crippen LogP contribution in [-0.4, -0.2) is 49.2 Å². The number of hydrogen-bond acceptors (Lipinski definition) is 7. The second-order valence-electron chi connectivity index (χ2n) is 10.7. The largest absolute Gasteiger partial charge is 0.463 e. The Morgan fingerprint density at radius 2 is 0.733 bits per heavy atom. The van der Waals surface area contributed by atoms with Crippen LogP contribution in [0.4, 0.5) is 0 Å². The van der Waals surface area contributed by atoms with Crippen molar-refractivity contribution in [1.82, 2.24) is 5.32 Å². The Labute approximate surface area is 280 Å². The number of nitrogens with one attached hydrogen (secondary N) is 1. The molecule has 45 heavy (non-hydrogen) atoms. The first-order valence-electron chi connectivity index (χ1n) is 18.6. The molecule has 0 aliphatic rings. The van der Waals surface area contributed by atoms with Gasteiger partial charge in [0.2, 0.25) is 5.91 Å². The lowest BCUT2D eigenvalue weighted by molar-refractivity contribution is -0.159. The molecule has 0 bridgehead atoms. The molecular formula is C37H77NO7. The quantitative estimate of drug-likeness (QED) is 0.0565. The van der Waals surface area contributed by atoms with Gasteiger partial charge in [0.25, 0.3) is 0 Å². The van der Waals surface area contributed by atoms with Crippen molar-refractivity contribution < 1.29 is 34.8 Å². The van der Waals surface area contributed by atoms with Crippen LogP contribution in [0.15, 0.2) is 0 Å². The van der Waals surface area contributed by atoms with Crippen molar-refractivity contribution in [3.8, 4) is 0 Å². The van der Waals surface area contributed by atoms with Gasteiger partial charge in [0.15, 0.2) is 0 Å². The number of carbonyl (C=O) groups is 4. The number of amides is 1. The maximum absolute atomic E-state index is 13.0. The minimum atomic E-state index is -1.33. The van der Waals surface area contributed by atoms with Crippen LogP contribution in [0, 0.1) is 0 Å². The first kappa shape index (κ1) is 49.8. The number of rotatable bonds is 26. The highest BCUT2D eigenvalue weighted by Crippen LogP contribution is 2.15. The van der Waals surface area contributed by atoms with Gasteiger partial charge in [0, 0.05) is 27.1 Å². The van der Waals surface area contributed by atoms with Crippen molar-refractivity contribution in [3.05, 3.63) is 0 Å². The Morgan fingerprint density at radius 3 is 1.04 bits per heavy atom. The SMILES string of the molecule is CC.CC.CC.CCCCCCCCCCCC(=O)NC(COC(=O)CCCC)(COC(=O)CCCC)COC(=O)CCCC.[HH]. The van der Waals surface area contributed by atoms with Crippen molar-refractivity contribution in [2.45, 2.75) is 197 Å².